The average molecular weight is 597 g/mol. The summed E-state index contributed by atoms with van der Waals surface area (Å²) in [6.45, 7) is 1.61. The zero-order valence-electron chi connectivity index (χ0n) is 20.9. The number of carbonyl (C=O) groups excluding carboxylic acids is 2. The third-order valence-corrected chi connectivity index (χ3v) is 7.68. The lowest BCUT2D eigenvalue weighted by molar-refractivity contribution is -0.140. The van der Waals surface area contributed by atoms with Crippen LogP contribution in [0, 0.1) is 0 Å². The summed E-state index contributed by atoms with van der Waals surface area (Å²) in [5.41, 5.74) is 1.63. The first-order valence-corrected chi connectivity index (χ1v) is 14.8. The van der Waals surface area contributed by atoms with E-state index in [1.807, 2.05) is 30.3 Å². The molecule has 0 aromatic heterocycles. The molecule has 3 aromatic carbocycles. The zero-order valence-corrected chi connectivity index (χ0v) is 24.0. The van der Waals surface area contributed by atoms with E-state index in [0.717, 1.165) is 21.7 Å². The standard InChI is InChI=1S/C27H28Cl3N3O4S/c1-3-31-27(35)25(15-19-7-5-4-6-8-19)32(17-20-9-11-21(28)12-10-20)26(34)18-33(38(2,36)37)24-16-22(29)13-14-23(24)30/h4-14,16,25H,3,15,17-18H2,1-2H3,(H,31,35)/t25-/m1/s1. The van der Waals surface area contributed by atoms with Crippen molar-refractivity contribution < 1.29 is 18.0 Å². The van der Waals surface area contributed by atoms with Crippen LogP contribution in [0.15, 0.2) is 72.8 Å². The molecule has 202 valence electrons. The second kappa shape index (κ2) is 13.3. The lowest BCUT2D eigenvalue weighted by Crippen LogP contribution is -2.53. The van der Waals surface area contributed by atoms with Crippen molar-refractivity contribution in [3.8, 4) is 0 Å². The maximum atomic E-state index is 13.9. The van der Waals surface area contributed by atoms with Gasteiger partial charge in [0.1, 0.15) is 12.6 Å². The van der Waals surface area contributed by atoms with Gasteiger partial charge in [-0.1, -0.05) is 77.3 Å². The Hall–Kier alpha value is -2.78. The van der Waals surface area contributed by atoms with E-state index in [-0.39, 0.29) is 34.6 Å². The number of benzene rings is 3. The Morgan fingerprint density at radius 3 is 2.13 bits per heavy atom. The largest absolute Gasteiger partial charge is 0.355 e. The van der Waals surface area contributed by atoms with Gasteiger partial charge in [-0.3, -0.25) is 13.9 Å². The molecule has 0 saturated heterocycles. The number of nitrogens with zero attached hydrogens (tertiary/aromatic N) is 2. The summed E-state index contributed by atoms with van der Waals surface area (Å²) in [5.74, 6) is -0.945. The SMILES string of the molecule is CCNC(=O)[C@@H](Cc1ccccc1)N(Cc1ccc(Cl)cc1)C(=O)CN(c1cc(Cl)ccc1Cl)S(C)(=O)=O. The molecule has 3 rings (SSSR count). The number of carbonyl (C=O) groups is 2. The number of halogens is 3. The van der Waals surface area contributed by atoms with E-state index < -0.39 is 28.5 Å². The molecule has 0 saturated carbocycles. The lowest BCUT2D eigenvalue weighted by Gasteiger charge is -2.33. The fourth-order valence-corrected chi connectivity index (χ4v) is 5.32. The van der Waals surface area contributed by atoms with Crippen molar-refractivity contribution in [2.75, 3.05) is 23.7 Å². The van der Waals surface area contributed by atoms with Gasteiger partial charge in [0.05, 0.1) is 17.0 Å². The zero-order chi connectivity index (χ0) is 27.9. The number of likely N-dealkylation sites (N-methyl/N-ethyl adjacent to an activating group) is 1. The van der Waals surface area contributed by atoms with Gasteiger partial charge >= 0.3 is 0 Å². The number of rotatable bonds is 11. The molecular weight excluding hydrogens is 569 g/mol. The van der Waals surface area contributed by atoms with Crippen molar-refractivity contribution in [2.45, 2.75) is 25.9 Å². The molecule has 0 radical (unpaired) electrons. The maximum Gasteiger partial charge on any atom is 0.244 e. The van der Waals surface area contributed by atoms with Crippen LogP contribution >= 0.6 is 34.8 Å². The summed E-state index contributed by atoms with van der Waals surface area (Å²) < 4.78 is 26.5. The minimum atomic E-state index is -3.95. The third-order valence-electron chi connectivity index (χ3n) is 5.74. The molecule has 0 heterocycles. The molecule has 0 unspecified atom stereocenters. The summed E-state index contributed by atoms with van der Waals surface area (Å²) >= 11 is 18.5. The molecule has 11 heteroatoms. The molecule has 0 fully saturated rings. The molecule has 2 amide bonds. The van der Waals surface area contributed by atoms with E-state index in [1.165, 1.54) is 23.1 Å². The van der Waals surface area contributed by atoms with Crippen molar-refractivity contribution in [3.63, 3.8) is 0 Å². The van der Waals surface area contributed by atoms with Gasteiger partial charge in [0, 0.05) is 29.6 Å². The molecule has 1 N–H and O–H groups in total. The molecule has 0 aliphatic carbocycles. The second-order valence-corrected chi connectivity index (χ2v) is 11.8. The minimum absolute atomic E-state index is 0.0471. The van der Waals surface area contributed by atoms with Crippen LogP contribution < -0.4 is 9.62 Å². The van der Waals surface area contributed by atoms with Crippen LogP contribution in [0.2, 0.25) is 15.1 Å². The average Bonchev–Trinajstić information content (AvgIpc) is 2.87. The summed E-state index contributed by atoms with van der Waals surface area (Å²) in [6, 6.07) is 19.6. The van der Waals surface area contributed by atoms with Gasteiger partial charge in [-0.2, -0.15) is 0 Å². The number of sulfonamides is 1. The molecule has 0 bridgehead atoms. The fraction of sp³-hybridized carbons (Fsp3) is 0.259. The number of nitrogens with one attached hydrogen (secondary N) is 1. The first kappa shape index (κ1) is 29.8. The van der Waals surface area contributed by atoms with Gasteiger partial charge in [0.25, 0.3) is 0 Å². The van der Waals surface area contributed by atoms with Crippen LogP contribution in [0.4, 0.5) is 5.69 Å². The lowest BCUT2D eigenvalue weighted by atomic mass is 10.0. The molecule has 0 aliphatic heterocycles. The van der Waals surface area contributed by atoms with Crippen molar-refractivity contribution in [2.24, 2.45) is 0 Å². The van der Waals surface area contributed by atoms with Gasteiger partial charge in [-0.15, -0.1) is 0 Å². The Bertz CT molecular complexity index is 1370. The molecule has 38 heavy (non-hydrogen) atoms. The van der Waals surface area contributed by atoms with Crippen LogP contribution in [0.5, 0.6) is 0 Å². The smallest absolute Gasteiger partial charge is 0.244 e. The van der Waals surface area contributed by atoms with Gasteiger partial charge in [-0.25, -0.2) is 8.42 Å². The molecule has 7 nitrogen and oxygen atoms in total. The fourth-order valence-electron chi connectivity index (χ4n) is 3.90. The highest BCUT2D eigenvalue weighted by molar-refractivity contribution is 7.92. The van der Waals surface area contributed by atoms with Crippen molar-refractivity contribution >= 4 is 62.3 Å². The van der Waals surface area contributed by atoms with Crippen molar-refractivity contribution in [1.29, 1.82) is 0 Å². The van der Waals surface area contributed by atoms with E-state index in [0.29, 0.717) is 11.6 Å². The molecule has 3 aromatic rings. The highest BCUT2D eigenvalue weighted by Crippen LogP contribution is 2.31. The Kier molecular flexibility index (Phi) is 10.4. The quantitative estimate of drug-likeness (QED) is 0.330. The van der Waals surface area contributed by atoms with Gasteiger partial charge in [0.15, 0.2) is 0 Å². The summed E-state index contributed by atoms with van der Waals surface area (Å²) in [5, 5.41) is 3.70. The predicted octanol–water partition coefficient (Wildman–Crippen LogP) is 5.19. The Labute approximate surface area is 238 Å². The number of anilines is 1. The van der Waals surface area contributed by atoms with E-state index in [9.17, 15) is 18.0 Å². The van der Waals surface area contributed by atoms with Gasteiger partial charge in [-0.05, 0) is 48.4 Å². The first-order valence-electron chi connectivity index (χ1n) is 11.8. The molecule has 0 aliphatic rings. The van der Waals surface area contributed by atoms with Gasteiger partial charge < -0.3 is 10.2 Å². The number of hydrogen-bond acceptors (Lipinski definition) is 4. The molecular formula is C27H28Cl3N3O4S. The monoisotopic (exact) mass is 595 g/mol. The van der Waals surface area contributed by atoms with Crippen LogP contribution in [0.3, 0.4) is 0 Å². The minimum Gasteiger partial charge on any atom is -0.355 e. The third kappa shape index (κ3) is 8.11. The van der Waals surface area contributed by atoms with E-state index in [2.05, 4.69) is 5.32 Å². The highest BCUT2D eigenvalue weighted by Gasteiger charge is 2.33. The molecule has 1 atom stereocenters. The van der Waals surface area contributed by atoms with Gasteiger partial charge in [0.2, 0.25) is 21.8 Å². The Morgan fingerprint density at radius 2 is 1.53 bits per heavy atom. The molecule has 0 spiro atoms. The second-order valence-electron chi connectivity index (χ2n) is 8.61. The van der Waals surface area contributed by atoms with E-state index in [1.54, 1.807) is 31.2 Å². The first-order chi connectivity index (χ1) is 18.0. The maximum absolute atomic E-state index is 13.9. The van der Waals surface area contributed by atoms with Crippen LogP contribution in [0.25, 0.3) is 0 Å². The van der Waals surface area contributed by atoms with Crippen molar-refractivity contribution in [1.82, 2.24) is 10.2 Å². The Balaban J connectivity index is 2.06. The summed E-state index contributed by atoms with van der Waals surface area (Å²) in [4.78, 5) is 28.6. The Morgan fingerprint density at radius 1 is 0.895 bits per heavy atom. The van der Waals surface area contributed by atoms with E-state index in [4.69, 9.17) is 34.8 Å². The number of hydrogen-bond donors (Lipinski definition) is 1. The predicted molar refractivity (Wildman–Crippen MR) is 153 cm³/mol. The highest BCUT2D eigenvalue weighted by atomic mass is 35.5. The van der Waals surface area contributed by atoms with E-state index >= 15 is 0 Å². The van der Waals surface area contributed by atoms with Crippen LogP contribution in [0.1, 0.15) is 18.1 Å². The van der Waals surface area contributed by atoms with Crippen LogP contribution in [-0.2, 0) is 32.6 Å². The van der Waals surface area contributed by atoms with Crippen LogP contribution in [-0.4, -0.2) is 50.5 Å². The number of amides is 2. The normalized spacial score (nSPS) is 12.0. The summed E-state index contributed by atoms with van der Waals surface area (Å²) in [6.07, 6.45) is 1.20. The summed E-state index contributed by atoms with van der Waals surface area (Å²) in [7, 11) is -3.95. The topological polar surface area (TPSA) is 86.8 Å². The van der Waals surface area contributed by atoms with Crippen molar-refractivity contribution in [3.05, 3.63) is 99.0 Å².